The molecule has 2 aliphatic carbocycles. The number of nitrogens with zero attached hydrogens (tertiary/aromatic N) is 1. The van der Waals surface area contributed by atoms with Crippen LogP contribution in [0.4, 0.5) is 0 Å². The van der Waals surface area contributed by atoms with Crippen molar-refractivity contribution < 1.29 is 9.53 Å². The number of esters is 1. The first kappa shape index (κ1) is 24.2. The fourth-order valence-corrected chi connectivity index (χ4v) is 5.37. The molecule has 0 amide bonds. The molecule has 0 aliphatic heterocycles. The number of nitriles is 1. The zero-order chi connectivity index (χ0) is 21.0. The van der Waals surface area contributed by atoms with Crippen LogP contribution in [-0.2, 0) is 9.53 Å². The molecule has 2 aliphatic rings. The van der Waals surface area contributed by atoms with Gasteiger partial charge in [0.1, 0.15) is 6.10 Å². The maximum Gasteiger partial charge on any atom is 0.309 e. The van der Waals surface area contributed by atoms with Crippen molar-refractivity contribution in [2.24, 2.45) is 17.3 Å². The van der Waals surface area contributed by atoms with Crippen LogP contribution in [-0.4, -0.2) is 12.1 Å². The summed E-state index contributed by atoms with van der Waals surface area (Å²) in [5, 5.41) is 9.77. The van der Waals surface area contributed by atoms with E-state index in [1.54, 1.807) is 0 Å². The third-order valence-electron chi connectivity index (χ3n) is 7.56. The number of ether oxygens (including phenoxy) is 1. The van der Waals surface area contributed by atoms with Gasteiger partial charge in [-0.15, -0.1) is 0 Å². The molecule has 0 aromatic carbocycles. The van der Waals surface area contributed by atoms with Gasteiger partial charge in [0.05, 0.1) is 17.4 Å². The molecular formula is C26H45NO2. The Hall–Kier alpha value is -1.04. The predicted molar refractivity (Wildman–Crippen MR) is 119 cm³/mol. The van der Waals surface area contributed by atoms with Gasteiger partial charge in [0.2, 0.25) is 0 Å². The highest BCUT2D eigenvalue weighted by atomic mass is 16.5. The molecule has 0 aromatic rings. The molecule has 0 N–H and O–H groups in total. The lowest BCUT2D eigenvalue weighted by molar-refractivity contribution is -0.157. The van der Waals surface area contributed by atoms with Crippen molar-refractivity contribution in [3.05, 3.63) is 0 Å². The highest BCUT2D eigenvalue weighted by molar-refractivity contribution is 5.72. The molecule has 0 unspecified atom stereocenters. The summed E-state index contributed by atoms with van der Waals surface area (Å²) in [5.74, 6) is 0.896. The van der Waals surface area contributed by atoms with Gasteiger partial charge in [-0.2, -0.15) is 5.26 Å². The summed E-state index contributed by atoms with van der Waals surface area (Å²) in [5.41, 5.74) is -0.181. The molecule has 166 valence electrons. The zero-order valence-corrected chi connectivity index (χ0v) is 19.2. The monoisotopic (exact) mass is 403 g/mol. The van der Waals surface area contributed by atoms with Gasteiger partial charge < -0.3 is 4.74 Å². The van der Waals surface area contributed by atoms with Crippen molar-refractivity contribution in [3.63, 3.8) is 0 Å². The minimum atomic E-state index is -0.181. The number of carbonyl (C=O) groups excluding carboxylic acids is 1. The lowest BCUT2D eigenvalue weighted by Crippen LogP contribution is -2.33. The van der Waals surface area contributed by atoms with Crippen LogP contribution in [0.1, 0.15) is 129 Å². The molecule has 3 heteroatoms. The first-order chi connectivity index (χ1) is 14.1. The predicted octanol–water partition coefficient (Wildman–Crippen LogP) is 7.73. The van der Waals surface area contributed by atoms with Crippen molar-refractivity contribution in [3.8, 4) is 6.07 Å². The van der Waals surface area contributed by atoms with Crippen molar-refractivity contribution in [1.82, 2.24) is 0 Å². The maximum atomic E-state index is 12.7. The van der Waals surface area contributed by atoms with E-state index >= 15 is 0 Å². The standard InChI is InChI=1S/C26H45NO2/c1-3-5-7-8-10-18-26(21-27)19-16-23(17-20-26)25(28)29-24-14-12-22(13-15-24)11-9-6-4-2/h22-24H,3-20H2,1-2H3/t22?,23-,24?,26-. The summed E-state index contributed by atoms with van der Waals surface area (Å²) in [6.07, 6.45) is 20.7. The summed E-state index contributed by atoms with van der Waals surface area (Å²) in [6.45, 7) is 4.49. The molecule has 0 aromatic heterocycles. The summed E-state index contributed by atoms with van der Waals surface area (Å²) < 4.78 is 5.91. The van der Waals surface area contributed by atoms with Crippen molar-refractivity contribution in [1.29, 1.82) is 5.26 Å². The number of unbranched alkanes of at least 4 members (excludes halogenated alkanes) is 6. The fraction of sp³-hybridized carbons (Fsp3) is 0.923. The summed E-state index contributed by atoms with van der Waals surface area (Å²) in [4.78, 5) is 12.7. The Kier molecular flexibility index (Phi) is 11.1. The van der Waals surface area contributed by atoms with Crippen LogP contribution in [0.2, 0.25) is 0 Å². The highest BCUT2D eigenvalue weighted by Crippen LogP contribution is 2.43. The van der Waals surface area contributed by atoms with Crippen LogP contribution in [0.5, 0.6) is 0 Å². The molecule has 3 nitrogen and oxygen atoms in total. The topological polar surface area (TPSA) is 50.1 Å². The highest BCUT2D eigenvalue weighted by Gasteiger charge is 2.38. The molecule has 0 saturated heterocycles. The van der Waals surface area contributed by atoms with Crippen LogP contribution in [0.15, 0.2) is 0 Å². The number of rotatable bonds is 12. The Morgan fingerprint density at radius 3 is 2.14 bits per heavy atom. The van der Waals surface area contributed by atoms with E-state index in [2.05, 4.69) is 19.9 Å². The number of carbonyl (C=O) groups is 1. The van der Waals surface area contributed by atoms with E-state index in [1.807, 2.05) is 0 Å². The van der Waals surface area contributed by atoms with E-state index < -0.39 is 0 Å². The van der Waals surface area contributed by atoms with Gasteiger partial charge >= 0.3 is 5.97 Å². The lowest BCUT2D eigenvalue weighted by atomic mass is 9.69. The van der Waals surface area contributed by atoms with Gasteiger partial charge in [-0.1, -0.05) is 71.6 Å². The SMILES string of the molecule is CCCCCCC[C@]1(C#N)CC[C@H](C(=O)OC2CCC(CCCCC)CC2)CC1. The summed E-state index contributed by atoms with van der Waals surface area (Å²) >= 11 is 0. The second-order valence-corrected chi connectivity index (χ2v) is 9.91. The third kappa shape index (κ3) is 8.31. The fourth-order valence-electron chi connectivity index (χ4n) is 5.37. The minimum Gasteiger partial charge on any atom is -0.462 e. The van der Waals surface area contributed by atoms with Gasteiger partial charge in [-0.25, -0.2) is 0 Å². The first-order valence-electron chi connectivity index (χ1n) is 12.7. The van der Waals surface area contributed by atoms with Crippen molar-refractivity contribution in [2.45, 2.75) is 136 Å². The van der Waals surface area contributed by atoms with Gasteiger partial charge in [-0.3, -0.25) is 4.79 Å². The Bertz CT molecular complexity index is 493. The summed E-state index contributed by atoms with van der Waals surface area (Å²) in [7, 11) is 0. The normalized spacial score (nSPS) is 29.9. The van der Waals surface area contributed by atoms with E-state index in [1.165, 1.54) is 64.2 Å². The van der Waals surface area contributed by atoms with Gasteiger partial charge in [-0.05, 0) is 63.7 Å². The maximum absolute atomic E-state index is 12.7. The van der Waals surface area contributed by atoms with Crippen LogP contribution in [0, 0.1) is 28.6 Å². The second kappa shape index (κ2) is 13.3. The number of hydrogen-bond acceptors (Lipinski definition) is 3. The van der Waals surface area contributed by atoms with Crippen LogP contribution >= 0.6 is 0 Å². The average molecular weight is 404 g/mol. The van der Waals surface area contributed by atoms with Gasteiger partial charge in [0.15, 0.2) is 0 Å². The van der Waals surface area contributed by atoms with Crippen LogP contribution in [0.25, 0.3) is 0 Å². The molecule has 2 fully saturated rings. The minimum absolute atomic E-state index is 0.0221. The quantitative estimate of drug-likeness (QED) is 0.247. The average Bonchev–Trinajstić information content (AvgIpc) is 2.75. The molecule has 0 bridgehead atoms. The molecular weight excluding hydrogens is 358 g/mol. The van der Waals surface area contributed by atoms with Crippen LogP contribution in [0.3, 0.4) is 0 Å². The Balaban J connectivity index is 1.66. The summed E-state index contributed by atoms with van der Waals surface area (Å²) in [6, 6.07) is 2.62. The third-order valence-corrected chi connectivity index (χ3v) is 7.56. The van der Waals surface area contributed by atoms with Gasteiger partial charge in [0.25, 0.3) is 0 Å². The molecule has 2 saturated carbocycles. The molecule has 0 heterocycles. The van der Waals surface area contributed by atoms with E-state index in [0.29, 0.717) is 0 Å². The zero-order valence-electron chi connectivity index (χ0n) is 19.2. The Labute approximate surface area is 180 Å². The molecule has 2 rings (SSSR count). The van der Waals surface area contributed by atoms with Gasteiger partial charge in [0, 0.05) is 0 Å². The largest absolute Gasteiger partial charge is 0.462 e. The molecule has 29 heavy (non-hydrogen) atoms. The smallest absolute Gasteiger partial charge is 0.309 e. The molecule has 0 atom stereocenters. The van der Waals surface area contributed by atoms with Crippen molar-refractivity contribution in [2.75, 3.05) is 0 Å². The Morgan fingerprint density at radius 2 is 1.52 bits per heavy atom. The van der Waals surface area contributed by atoms with Crippen molar-refractivity contribution >= 4 is 5.97 Å². The lowest BCUT2D eigenvalue weighted by Gasteiger charge is -2.35. The van der Waals surface area contributed by atoms with E-state index in [0.717, 1.165) is 57.3 Å². The number of hydrogen-bond donors (Lipinski definition) is 0. The molecule has 0 spiro atoms. The molecule has 0 radical (unpaired) electrons. The Morgan fingerprint density at radius 1 is 0.897 bits per heavy atom. The van der Waals surface area contributed by atoms with E-state index in [9.17, 15) is 10.1 Å². The first-order valence-corrected chi connectivity index (χ1v) is 12.7. The second-order valence-electron chi connectivity index (χ2n) is 9.91. The van der Waals surface area contributed by atoms with E-state index in [-0.39, 0.29) is 23.4 Å². The van der Waals surface area contributed by atoms with E-state index in [4.69, 9.17) is 4.74 Å². The van der Waals surface area contributed by atoms with Crippen LogP contribution < -0.4 is 0 Å².